The monoisotopic (exact) mass is 246 g/mol. The second kappa shape index (κ2) is 7.61. The van der Waals surface area contributed by atoms with Crippen molar-refractivity contribution in [2.75, 3.05) is 0 Å². The topological polar surface area (TPSA) is 63.6 Å². The second-order valence-electron chi connectivity index (χ2n) is 3.34. The van der Waals surface area contributed by atoms with Crippen LogP contribution >= 0.6 is 0 Å². The van der Waals surface area contributed by atoms with Gasteiger partial charge in [-0.1, -0.05) is 19.1 Å². The fourth-order valence-corrected chi connectivity index (χ4v) is 1.58. The predicted octanol–water partition coefficient (Wildman–Crippen LogP) is 0.796. The first kappa shape index (κ1) is 16.3. The van der Waals surface area contributed by atoms with Crippen LogP contribution < -0.4 is 0 Å². The molecule has 0 spiro atoms. The molecule has 0 aromatic heterocycles. The molecule has 0 unspecified atom stereocenters. The van der Waals surface area contributed by atoms with E-state index in [1.165, 1.54) is 6.92 Å². The quantitative estimate of drug-likeness (QED) is 0.486. The summed E-state index contributed by atoms with van der Waals surface area (Å²) in [6, 6.07) is 4.98. The summed E-state index contributed by atoms with van der Waals surface area (Å²) >= 11 is 0. The molecule has 0 atom stereocenters. The first-order valence-electron chi connectivity index (χ1n) is 5.04. The van der Waals surface area contributed by atoms with Gasteiger partial charge in [0.05, 0.1) is 12.2 Å². The van der Waals surface area contributed by atoms with E-state index in [0.717, 1.165) is 5.56 Å². The molecule has 0 aliphatic carbocycles. The molecule has 0 radical (unpaired) electrons. The summed E-state index contributed by atoms with van der Waals surface area (Å²) in [5, 5.41) is 9.12. The van der Waals surface area contributed by atoms with E-state index in [9.17, 15) is 9.59 Å². The Morgan fingerprint density at radius 3 is 2.47 bits per heavy atom. The average Bonchev–Trinajstić information content (AvgIpc) is 2.26. The molecule has 17 heavy (non-hydrogen) atoms. The van der Waals surface area contributed by atoms with E-state index in [1.54, 1.807) is 18.2 Å². The summed E-state index contributed by atoms with van der Waals surface area (Å²) in [5.74, 6) is -1.30. The number of rotatable bonds is 3. The van der Waals surface area contributed by atoms with Crippen molar-refractivity contribution in [2.24, 2.45) is 0 Å². The Bertz CT molecular complexity index is 415. The second-order valence-corrected chi connectivity index (χ2v) is 3.34. The third-order valence-electron chi connectivity index (χ3n) is 2.25. The standard InChI is InChI=1S/C12H14O4.Na.H/c1-3-10-9(7-13)5-4-6-11(10)12(15)16-8(2)14;;/h4-6,13H,3,7H2,1-2H3;;. The molecular weight excluding hydrogens is 231 g/mol. The van der Waals surface area contributed by atoms with E-state index in [1.807, 2.05) is 6.92 Å². The Hall–Kier alpha value is -0.680. The molecule has 0 bridgehead atoms. The van der Waals surface area contributed by atoms with Crippen molar-refractivity contribution in [3.05, 3.63) is 34.9 Å². The molecule has 0 heterocycles. The van der Waals surface area contributed by atoms with Gasteiger partial charge in [0.1, 0.15) is 0 Å². The van der Waals surface area contributed by atoms with Crippen LogP contribution in [0, 0.1) is 0 Å². The van der Waals surface area contributed by atoms with E-state index in [0.29, 0.717) is 17.5 Å². The summed E-state index contributed by atoms with van der Waals surface area (Å²) in [4.78, 5) is 22.3. The zero-order chi connectivity index (χ0) is 12.1. The van der Waals surface area contributed by atoms with Crippen molar-refractivity contribution in [3.63, 3.8) is 0 Å². The van der Waals surface area contributed by atoms with Crippen LogP contribution in [-0.2, 0) is 22.6 Å². The van der Waals surface area contributed by atoms with Gasteiger partial charge in [-0.25, -0.2) is 4.79 Å². The molecule has 1 aromatic rings. The van der Waals surface area contributed by atoms with Gasteiger partial charge in [-0.2, -0.15) is 0 Å². The zero-order valence-corrected chi connectivity index (χ0v) is 9.32. The number of aliphatic hydroxyl groups is 1. The number of carbonyl (C=O) groups is 2. The van der Waals surface area contributed by atoms with Crippen LogP contribution in [0.15, 0.2) is 18.2 Å². The van der Waals surface area contributed by atoms with Gasteiger partial charge in [0.15, 0.2) is 0 Å². The van der Waals surface area contributed by atoms with Gasteiger partial charge in [-0.05, 0) is 23.6 Å². The van der Waals surface area contributed by atoms with E-state index in [4.69, 9.17) is 5.11 Å². The Kier molecular flexibility index (Phi) is 7.30. The van der Waals surface area contributed by atoms with Crippen molar-refractivity contribution in [2.45, 2.75) is 26.9 Å². The van der Waals surface area contributed by atoms with Gasteiger partial charge < -0.3 is 9.84 Å². The van der Waals surface area contributed by atoms with Crippen molar-refractivity contribution < 1.29 is 19.4 Å². The number of ether oxygens (including phenoxy) is 1. The number of carbonyl (C=O) groups excluding carboxylic acids is 2. The molecule has 0 amide bonds. The molecule has 0 saturated heterocycles. The van der Waals surface area contributed by atoms with Gasteiger partial charge >= 0.3 is 41.5 Å². The van der Waals surface area contributed by atoms with Crippen molar-refractivity contribution in [1.29, 1.82) is 0 Å². The van der Waals surface area contributed by atoms with E-state index < -0.39 is 11.9 Å². The number of aliphatic hydroxyl groups excluding tert-OH is 1. The number of esters is 2. The molecule has 0 aliphatic heterocycles. The fourth-order valence-electron chi connectivity index (χ4n) is 1.58. The summed E-state index contributed by atoms with van der Waals surface area (Å²) < 4.78 is 4.52. The van der Waals surface area contributed by atoms with Gasteiger partial charge in [0.25, 0.3) is 0 Å². The molecule has 0 aliphatic rings. The molecule has 88 valence electrons. The number of hydrogen-bond donors (Lipinski definition) is 1. The van der Waals surface area contributed by atoms with Crippen LogP contribution in [0.3, 0.4) is 0 Å². The number of benzene rings is 1. The Morgan fingerprint density at radius 1 is 1.35 bits per heavy atom. The molecule has 1 aromatic carbocycles. The van der Waals surface area contributed by atoms with Crippen LogP contribution in [0.25, 0.3) is 0 Å². The maximum atomic E-state index is 11.6. The summed E-state index contributed by atoms with van der Waals surface area (Å²) in [5.41, 5.74) is 1.74. The normalized spacial score (nSPS) is 9.35. The summed E-state index contributed by atoms with van der Waals surface area (Å²) in [6.07, 6.45) is 0.596. The van der Waals surface area contributed by atoms with Gasteiger partial charge in [-0.3, -0.25) is 4.79 Å². The minimum atomic E-state index is -0.667. The molecular formula is C12H15NaO4. The maximum absolute atomic E-state index is 11.6. The molecule has 5 heteroatoms. The molecule has 0 saturated carbocycles. The van der Waals surface area contributed by atoms with Crippen LogP contribution in [0.5, 0.6) is 0 Å². The Labute approximate surface area is 122 Å². The van der Waals surface area contributed by atoms with E-state index >= 15 is 0 Å². The van der Waals surface area contributed by atoms with Gasteiger partial charge in [-0.15, -0.1) is 0 Å². The SMILES string of the molecule is CCc1c(CO)cccc1C(=O)OC(C)=O.[NaH]. The average molecular weight is 246 g/mol. The fraction of sp³-hybridized carbons (Fsp3) is 0.333. The van der Waals surface area contributed by atoms with Gasteiger partial charge in [0, 0.05) is 6.92 Å². The predicted molar refractivity (Wildman–Crippen MR) is 65.0 cm³/mol. The third-order valence-corrected chi connectivity index (χ3v) is 2.25. The third kappa shape index (κ3) is 4.24. The number of hydrogen-bond acceptors (Lipinski definition) is 4. The minimum absolute atomic E-state index is 0. The Balaban J connectivity index is 0.00000256. The molecule has 0 fully saturated rings. The molecule has 1 N–H and O–H groups in total. The van der Waals surface area contributed by atoms with Crippen LogP contribution in [0.2, 0.25) is 0 Å². The van der Waals surface area contributed by atoms with Crippen molar-refractivity contribution in [1.82, 2.24) is 0 Å². The zero-order valence-electron chi connectivity index (χ0n) is 9.32. The van der Waals surface area contributed by atoms with Crippen molar-refractivity contribution in [3.8, 4) is 0 Å². The first-order chi connectivity index (χ1) is 7.60. The van der Waals surface area contributed by atoms with Gasteiger partial charge in [0.2, 0.25) is 0 Å². The molecule has 1 rings (SSSR count). The van der Waals surface area contributed by atoms with Crippen LogP contribution in [0.4, 0.5) is 0 Å². The first-order valence-corrected chi connectivity index (χ1v) is 5.04. The van der Waals surface area contributed by atoms with Crippen LogP contribution in [-0.4, -0.2) is 46.6 Å². The van der Waals surface area contributed by atoms with Crippen LogP contribution in [0.1, 0.15) is 35.3 Å². The van der Waals surface area contributed by atoms with E-state index in [2.05, 4.69) is 4.74 Å². The van der Waals surface area contributed by atoms with E-state index in [-0.39, 0.29) is 36.2 Å². The Morgan fingerprint density at radius 2 is 2.00 bits per heavy atom. The summed E-state index contributed by atoms with van der Waals surface area (Å²) in [7, 11) is 0. The molecule has 4 nitrogen and oxygen atoms in total. The van der Waals surface area contributed by atoms with Crippen molar-refractivity contribution >= 4 is 41.5 Å². The summed E-state index contributed by atoms with van der Waals surface area (Å²) in [6.45, 7) is 2.92.